The molecule has 0 amide bonds. The standard InChI is InChI=1S/C21H24ClN3O5/c1-4-29-17(26)12-25-18-13(6-8-15(22)20(18)30-5-2)19(27)14-7-9-16(24-21(14)25)23-10-11-28-3/h6-9H,4-5,10-12H2,1-3H3,(H,23,24). The Morgan fingerprint density at radius 2 is 1.93 bits per heavy atom. The first-order valence-electron chi connectivity index (χ1n) is 9.68. The number of nitrogens with zero attached hydrogens (tertiary/aromatic N) is 2. The third-order valence-corrected chi connectivity index (χ3v) is 4.76. The van der Waals surface area contributed by atoms with E-state index in [1.807, 2.05) is 6.92 Å². The summed E-state index contributed by atoms with van der Waals surface area (Å²) in [5, 5.41) is 4.25. The zero-order valence-electron chi connectivity index (χ0n) is 17.2. The fraction of sp³-hybridized carbons (Fsp3) is 0.381. The van der Waals surface area contributed by atoms with Gasteiger partial charge in [0.15, 0.2) is 11.2 Å². The van der Waals surface area contributed by atoms with Crippen molar-refractivity contribution >= 4 is 45.3 Å². The molecule has 8 nitrogen and oxygen atoms in total. The van der Waals surface area contributed by atoms with Crippen LogP contribution in [0.3, 0.4) is 0 Å². The number of esters is 1. The maximum atomic E-state index is 13.2. The molecule has 1 N–H and O–H groups in total. The Labute approximate surface area is 178 Å². The molecule has 0 aliphatic heterocycles. The third-order valence-electron chi connectivity index (χ3n) is 4.47. The van der Waals surface area contributed by atoms with Crippen molar-refractivity contribution in [1.82, 2.24) is 9.55 Å². The average Bonchev–Trinajstić information content (AvgIpc) is 2.73. The van der Waals surface area contributed by atoms with E-state index in [2.05, 4.69) is 10.3 Å². The summed E-state index contributed by atoms with van der Waals surface area (Å²) < 4.78 is 17.6. The smallest absolute Gasteiger partial charge is 0.326 e. The van der Waals surface area contributed by atoms with Crippen molar-refractivity contribution in [3.05, 3.63) is 39.5 Å². The molecule has 0 bridgehead atoms. The van der Waals surface area contributed by atoms with Crippen LogP contribution in [0.5, 0.6) is 5.75 Å². The summed E-state index contributed by atoms with van der Waals surface area (Å²) in [6.07, 6.45) is 0. The molecule has 3 aromatic rings. The Morgan fingerprint density at radius 1 is 1.17 bits per heavy atom. The minimum absolute atomic E-state index is 0.143. The second-order valence-corrected chi connectivity index (χ2v) is 6.82. The Hall–Kier alpha value is -2.84. The normalized spacial score (nSPS) is 11.1. The lowest BCUT2D eigenvalue weighted by atomic mass is 10.1. The summed E-state index contributed by atoms with van der Waals surface area (Å²) in [5.41, 5.74) is 0.538. The van der Waals surface area contributed by atoms with Gasteiger partial charge in [0.05, 0.1) is 41.1 Å². The van der Waals surface area contributed by atoms with Crippen molar-refractivity contribution in [2.75, 3.05) is 38.8 Å². The van der Waals surface area contributed by atoms with Gasteiger partial charge in [-0.05, 0) is 38.1 Å². The first kappa shape index (κ1) is 21.9. The SMILES string of the molecule is CCOC(=O)Cn1c2nc(NCCOC)ccc2c(=O)c2ccc(Cl)c(OCC)c21. The highest BCUT2D eigenvalue weighted by Crippen LogP contribution is 2.34. The molecule has 0 atom stereocenters. The number of carbonyl (C=O) groups excluding carboxylic acids is 1. The van der Waals surface area contributed by atoms with Crippen LogP contribution in [0.4, 0.5) is 5.82 Å². The Balaban J connectivity index is 2.33. The molecule has 30 heavy (non-hydrogen) atoms. The maximum Gasteiger partial charge on any atom is 0.326 e. The number of aromatic nitrogens is 2. The monoisotopic (exact) mass is 433 g/mol. The van der Waals surface area contributed by atoms with Crippen molar-refractivity contribution in [2.45, 2.75) is 20.4 Å². The molecule has 2 aromatic heterocycles. The predicted molar refractivity (Wildman–Crippen MR) is 117 cm³/mol. The Bertz CT molecular complexity index is 1130. The van der Waals surface area contributed by atoms with E-state index in [1.165, 1.54) is 0 Å². The molecule has 0 saturated carbocycles. The van der Waals surface area contributed by atoms with Crippen molar-refractivity contribution in [3.8, 4) is 5.75 Å². The number of methoxy groups -OCH3 is 1. The van der Waals surface area contributed by atoms with Gasteiger partial charge >= 0.3 is 5.97 Å². The number of nitrogens with one attached hydrogen (secondary N) is 1. The molecule has 0 aliphatic carbocycles. The molecule has 0 radical (unpaired) electrons. The maximum absolute atomic E-state index is 13.2. The molecule has 0 unspecified atom stereocenters. The van der Waals surface area contributed by atoms with Crippen molar-refractivity contribution in [1.29, 1.82) is 0 Å². The molecule has 2 heterocycles. The van der Waals surface area contributed by atoms with Crippen LogP contribution in [-0.2, 0) is 20.8 Å². The molecule has 9 heteroatoms. The highest BCUT2D eigenvalue weighted by molar-refractivity contribution is 6.33. The van der Waals surface area contributed by atoms with Crippen LogP contribution in [0.1, 0.15) is 13.8 Å². The van der Waals surface area contributed by atoms with Gasteiger partial charge in [-0.15, -0.1) is 0 Å². The van der Waals surface area contributed by atoms with Crippen LogP contribution in [0, 0.1) is 0 Å². The van der Waals surface area contributed by atoms with Crippen LogP contribution >= 0.6 is 11.6 Å². The van der Waals surface area contributed by atoms with E-state index in [1.54, 1.807) is 42.9 Å². The minimum Gasteiger partial charge on any atom is -0.490 e. The second-order valence-electron chi connectivity index (χ2n) is 6.41. The molecule has 0 spiro atoms. The summed E-state index contributed by atoms with van der Waals surface area (Å²) in [5.74, 6) is 0.432. The summed E-state index contributed by atoms with van der Waals surface area (Å²) in [6, 6.07) is 6.66. The molecular weight excluding hydrogens is 410 g/mol. The van der Waals surface area contributed by atoms with E-state index in [0.717, 1.165) is 0 Å². The number of hydrogen-bond acceptors (Lipinski definition) is 7. The van der Waals surface area contributed by atoms with Crippen LogP contribution in [-0.4, -0.2) is 49.0 Å². The van der Waals surface area contributed by atoms with Crippen molar-refractivity contribution in [2.24, 2.45) is 0 Å². The van der Waals surface area contributed by atoms with Gasteiger partial charge in [-0.3, -0.25) is 9.59 Å². The zero-order chi connectivity index (χ0) is 21.7. The summed E-state index contributed by atoms with van der Waals surface area (Å²) in [6.45, 7) is 5.04. The number of rotatable bonds is 9. The predicted octanol–water partition coefficient (Wildman–Crippen LogP) is 3.22. The van der Waals surface area contributed by atoms with E-state index in [4.69, 9.17) is 25.8 Å². The largest absolute Gasteiger partial charge is 0.490 e. The quantitative estimate of drug-likeness (QED) is 0.314. The fourth-order valence-corrected chi connectivity index (χ4v) is 3.44. The summed E-state index contributed by atoms with van der Waals surface area (Å²) in [7, 11) is 1.61. The van der Waals surface area contributed by atoms with E-state index in [0.29, 0.717) is 58.3 Å². The molecule has 1 aromatic carbocycles. The van der Waals surface area contributed by atoms with Gasteiger partial charge in [0.2, 0.25) is 0 Å². The molecule has 0 aliphatic rings. The lowest BCUT2D eigenvalue weighted by Crippen LogP contribution is -2.20. The van der Waals surface area contributed by atoms with Gasteiger partial charge in [0.25, 0.3) is 0 Å². The van der Waals surface area contributed by atoms with Gasteiger partial charge in [-0.25, -0.2) is 4.98 Å². The van der Waals surface area contributed by atoms with E-state index < -0.39 is 5.97 Å². The third kappa shape index (κ3) is 4.34. The van der Waals surface area contributed by atoms with E-state index in [-0.39, 0.29) is 18.6 Å². The lowest BCUT2D eigenvalue weighted by molar-refractivity contribution is -0.143. The Morgan fingerprint density at radius 3 is 2.63 bits per heavy atom. The summed E-state index contributed by atoms with van der Waals surface area (Å²) in [4.78, 5) is 30.2. The van der Waals surface area contributed by atoms with Gasteiger partial charge in [0.1, 0.15) is 18.0 Å². The van der Waals surface area contributed by atoms with Gasteiger partial charge < -0.3 is 24.1 Å². The van der Waals surface area contributed by atoms with Gasteiger partial charge in [-0.1, -0.05) is 11.6 Å². The van der Waals surface area contributed by atoms with E-state index >= 15 is 0 Å². The topological polar surface area (TPSA) is 91.7 Å². The van der Waals surface area contributed by atoms with Crippen molar-refractivity contribution in [3.63, 3.8) is 0 Å². The number of fused-ring (bicyclic) bond motifs is 2. The lowest BCUT2D eigenvalue weighted by Gasteiger charge is -2.18. The van der Waals surface area contributed by atoms with Crippen molar-refractivity contribution < 1.29 is 19.0 Å². The number of carbonyl (C=O) groups is 1. The number of pyridine rings is 2. The fourth-order valence-electron chi connectivity index (χ4n) is 3.23. The van der Waals surface area contributed by atoms with Crippen LogP contribution in [0.15, 0.2) is 29.1 Å². The molecule has 0 saturated heterocycles. The van der Waals surface area contributed by atoms with Crippen LogP contribution in [0.25, 0.3) is 21.9 Å². The van der Waals surface area contributed by atoms with Gasteiger partial charge in [-0.2, -0.15) is 0 Å². The Kier molecular flexibility index (Phi) is 7.12. The highest BCUT2D eigenvalue weighted by atomic mass is 35.5. The molecule has 0 fully saturated rings. The van der Waals surface area contributed by atoms with Crippen LogP contribution in [0.2, 0.25) is 5.02 Å². The molecule has 3 rings (SSSR count). The minimum atomic E-state index is -0.453. The zero-order valence-corrected chi connectivity index (χ0v) is 17.9. The first-order valence-corrected chi connectivity index (χ1v) is 10.1. The average molecular weight is 434 g/mol. The first-order chi connectivity index (χ1) is 14.5. The number of benzene rings is 1. The number of anilines is 1. The summed E-state index contributed by atoms with van der Waals surface area (Å²) >= 11 is 6.37. The van der Waals surface area contributed by atoms with E-state index in [9.17, 15) is 9.59 Å². The molecular formula is C21H24ClN3O5. The highest BCUT2D eigenvalue weighted by Gasteiger charge is 2.20. The number of halogens is 1. The molecule has 160 valence electrons. The number of ether oxygens (including phenoxy) is 3. The second kappa shape index (κ2) is 9.77. The van der Waals surface area contributed by atoms with Gasteiger partial charge in [0, 0.05) is 13.7 Å². The van der Waals surface area contributed by atoms with Crippen LogP contribution < -0.4 is 15.5 Å². The number of hydrogen-bond donors (Lipinski definition) is 1.